The fraction of sp³-hybridized carbons (Fsp3) is 0.250. The van der Waals surface area contributed by atoms with Crippen molar-refractivity contribution in [3.8, 4) is 0 Å². The van der Waals surface area contributed by atoms with Gasteiger partial charge in [0.2, 0.25) is 0 Å². The Kier molecular flexibility index (Phi) is 3.53. The van der Waals surface area contributed by atoms with Crippen LogP contribution in [0.25, 0.3) is 0 Å². The molecule has 130 valence electrons. The summed E-state index contributed by atoms with van der Waals surface area (Å²) >= 11 is 0. The third-order valence-corrected chi connectivity index (χ3v) is 6.12. The molecular formula is C24H22O2. The molecule has 0 radical (unpaired) electrons. The lowest BCUT2D eigenvalue weighted by Crippen LogP contribution is -2.57. The van der Waals surface area contributed by atoms with E-state index in [9.17, 15) is 0 Å². The maximum atomic E-state index is 6.34. The van der Waals surface area contributed by atoms with Crippen molar-refractivity contribution >= 4 is 0 Å². The van der Waals surface area contributed by atoms with E-state index in [4.69, 9.17) is 9.78 Å². The molecule has 6 rings (SSSR count). The number of hydrogen-bond donors (Lipinski definition) is 0. The summed E-state index contributed by atoms with van der Waals surface area (Å²) in [5.41, 5.74) is 3.72. The Morgan fingerprint density at radius 1 is 0.731 bits per heavy atom. The predicted molar refractivity (Wildman–Crippen MR) is 101 cm³/mol. The van der Waals surface area contributed by atoms with Gasteiger partial charge in [0.1, 0.15) is 0 Å². The molecule has 3 atom stereocenters. The number of fused-ring (bicyclic) bond motifs is 2. The minimum atomic E-state index is -0.539. The van der Waals surface area contributed by atoms with Crippen LogP contribution in [0.3, 0.4) is 0 Å². The monoisotopic (exact) mass is 342 g/mol. The average molecular weight is 342 g/mol. The van der Waals surface area contributed by atoms with Crippen molar-refractivity contribution in [1.82, 2.24) is 0 Å². The summed E-state index contributed by atoms with van der Waals surface area (Å²) in [6.45, 7) is 2.25. The molecule has 26 heavy (non-hydrogen) atoms. The molecule has 3 aromatic carbocycles. The molecule has 0 spiro atoms. The second-order valence-corrected chi connectivity index (χ2v) is 7.32. The first-order chi connectivity index (χ1) is 12.8. The third-order valence-electron chi connectivity index (χ3n) is 6.12. The van der Waals surface area contributed by atoms with E-state index in [2.05, 4.69) is 79.7 Å². The molecule has 1 aliphatic carbocycles. The Morgan fingerprint density at radius 3 is 1.96 bits per heavy atom. The maximum absolute atomic E-state index is 6.34. The number of rotatable bonds is 3. The van der Waals surface area contributed by atoms with Gasteiger partial charge in [0, 0.05) is 5.92 Å². The molecule has 2 heterocycles. The molecule has 0 aromatic heterocycles. The molecule has 0 N–H and O–H groups in total. The lowest BCUT2D eigenvalue weighted by Gasteiger charge is -2.56. The SMILES string of the molecule is CCC1C[C@@]2(c3ccccc3)OO[C@]1(c1ccccc1)c1ccccc12. The summed E-state index contributed by atoms with van der Waals surface area (Å²) in [5, 5.41) is 0. The maximum Gasteiger partial charge on any atom is 0.157 e. The van der Waals surface area contributed by atoms with E-state index in [1.807, 2.05) is 12.1 Å². The van der Waals surface area contributed by atoms with Crippen molar-refractivity contribution in [2.75, 3.05) is 0 Å². The molecule has 1 saturated heterocycles. The zero-order valence-electron chi connectivity index (χ0n) is 14.9. The minimum Gasteiger partial charge on any atom is -0.219 e. The van der Waals surface area contributed by atoms with Crippen LogP contribution in [0.1, 0.15) is 42.0 Å². The zero-order chi connectivity index (χ0) is 17.6. The molecular weight excluding hydrogens is 320 g/mol. The first-order valence-electron chi connectivity index (χ1n) is 9.39. The summed E-state index contributed by atoms with van der Waals surface area (Å²) < 4.78 is 0. The molecule has 3 aromatic rings. The van der Waals surface area contributed by atoms with Gasteiger partial charge in [0.25, 0.3) is 0 Å². The van der Waals surface area contributed by atoms with Gasteiger partial charge in [-0.25, -0.2) is 9.78 Å². The quantitative estimate of drug-likeness (QED) is 0.580. The molecule has 1 fully saturated rings. The van der Waals surface area contributed by atoms with E-state index < -0.39 is 11.2 Å². The lowest BCUT2D eigenvalue weighted by atomic mass is 9.60. The van der Waals surface area contributed by atoms with E-state index >= 15 is 0 Å². The van der Waals surface area contributed by atoms with Gasteiger partial charge in [-0.3, -0.25) is 0 Å². The fourth-order valence-corrected chi connectivity index (χ4v) is 4.89. The molecule has 1 unspecified atom stereocenters. The summed E-state index contributed by atoms with van der Waals surface area (Å²) in [5.74, 6) is 0.341. The van der Waals surface area contributed by atoms with E-state index in [0.29, 0.717) is 5.92 Å². The van der Waals surface area contributed by atoms with Crippen LogP contribution in [0.4, 0.5) is 0 Å². The van der Waals surface area contributed by atoms with Crippen LogP contribution in [0.2, 0.25) is 0 Å². The van der Waals surface area contributed by atoms with E-state index in [1.54, 1.807) is 0 Å². The number of benzene rings is 3. The van der Waals surface area contributed by atoms with Gasteiger partial charge in [0.15, 0.2) is 11.2 Å². The van der Waals surface area contributed by atoms with Crippen LogP contribution in [0.15, 0.2) is 84.9 Å². The number of hydrogen-bond acceptors (Lipinski definition) is 2. The van der Waals surface area contributed by atoms with Crippen molar-refractivity contribution in [2.45, 2.75) is 31.0 Å². The van der Waals surface area contributed by atoms with E-state index in [0.717, 1.165) is 18.4 Å². The molecule has 2 nitrogen and oxygen atoms in total. The van der Waals surface area contributed by atoms with Gasteiger partial charge in [-0.1, -0.05) is 91.9 Å². The fourth-order valence-electron chi connectivity index (χ4n) is 4.89. The average Bonchev–Trinajstić information content (AvgIpc) is 2.75. The second-order valence-electron chi connectivity index (χ2n) is 7.32. The van der Waals surface area contributed by atoms with Gasteiger partial charge in [-0.15, -0.1) is 0 Å². The molecule has 2 heteroatoms. The van der Waals surface area contributed by atoms with Crippen molar-refractivity contribution in [2.24, 2.45) is 5.92 Å². The highest BCUT2D eigenvalue weighted by molar-refractivity contribution is 5.52. The molecule has 3 aliphatic rings. The van der Waals surface area contributed by atoms with Crippen LogP contribution in [0.5, 0.6) is 0 Å². The van der Waals surface area contributed by atoms with Crippen LogP contribution < -0.4 is 0 Å². The highest BCUT2D eigenvalue weighted by atomic mass is 17.2. The Balaban J connectivity index is 1.80. The summed E-state index contributed by atoms with van der Waals surface area (Å²) in [7, 11) is 0. The van der Waals surface area contributed by atoms with Crippen molar-refractivity contribution < 1.29 is 9.78 Å². The normalized spacial score (nSPS) is 29.3. The van der Waals surface area contributed by atoms with Gasteiger partial charge < -0.3 is 0 Å². The smallest absolute Gasteiger partial charge is 0.157 e. The highest BCUT2D eigenvalue weighted by Crippen LogP contribution is 2.61. The highest BCUT2D eigenvalue weighted by Gasteiger charge is 2.61. The molecule has 0 saturated carbocycles. The molecule has 2 aliphatic heterocycles. The van der Waals surface area contributed by atoms with Crippen LogP contribution >= 0.6 is 0 Å². The third kappa shape index (κ3) is 1.94. The van der Waals surface area contributed by atoms with Crippen LogP contribution in [0, 0.1) is 5.92 Å². The lowest BCUT2D eigenvalue weighted by molar-refractivity contribution is -0.458. The molecule has 0 amide bonds. The van der Waals surface area contributed by atoms with Gasteiger partial charge in [-0.05, 0) is 35.1 Å². The van der Waals surface area contributed by atoms with Gasteiger partial charge in [0.05, 0.1) is 0 Å². The first kappa shape index (κ1) is 15.8. The Morgan fingerprint density at radius 2 is 1.31 bits per heavy atom. The topological polar surface area (TPSA) is 18.5 Å². The van der Waals surface area contributed by atoms with E-state index in [-0.39, 0.29) is 0 Å². The summed E-state index contributed by atoms with van der Waals surface area (Å²) in [4.78, 5) is 12.6. The van der Waals surface area contributed by atoms with Crippen molar-refractivity contribution in [3.05, 3.63) is 107 Å². The molecule has 2 bridgehead atoms. The predicted octanol–water partition coefficient (Wildman–Crippen LogP) is 5.57. The summed E-state index contributed by atoms with van der Waals surface area (Å²) in [6, 6.07) is 29.6. The second kappa shape index (κ2) is 5.80. The Hall–Kier alpha value is -2.42. The first-order valence-corrected chi connectivity index (χ1v) is 9.39. The van der Waals surface area contributed by atoms with Crippen molar-refractivity contribution in [1.29, 1.82) is 0 Å². The Bertz CT molecular complexity index is 921. The largest absolute Gasteiger partial charge is 0.219 e. The standard InChI is InChI=1S/C24H22O2/c1-2-18-17-23(19-11-5-3-6-12-19)21-15-9-10-16-22(21)24(18,26-25-23)20-13-7-4-8-14-20/h3-16,18H,2,17H2,1H3/t18?,23-,24+/m0/s1. The van der Waals surface area contributed by atoms with Gasteiger partial charge >= 0.3 is 0 Å². The van der Waals surface area contributed by atoms with Crippen LogP contribution in [-0.4, -0.2) is 0 Å². The summed E-state index contributed by atoms with van der Waals surface area (Å²) in [6.07, 6.45) is 1.95. The minimum absolute atomic E-state index is 0.341. The van der Waals surface area contributed by atoms with Crippen molar-refractivity contribution in [3.63, 3.8) is 0 Å². The van der Waals surface area contributed by atoms with Gasteiger partial charge in [-0.2, -0.15) is 0 Å². The Labute approximate surface area is 154 Å². The zero-order valence-corrected chi connectivity index (χ0v) is 14.9. The van der Waals surface area contributed by atoms with E-state index in [1.165, 1.54) is 16.7 Å². The van der Waals surface area contributed by atoms with Crippen LogP contribution in [-0.2, 0) is 21.0 Å².